The summed E-state index contributed by atoms with van der Waals surface area (Å²) in [7, 11) is 1.55. The molecule has 4 heterocycles. The molecular formula is C38H46F4N8O3. The van der Waals surface area contributed by atoms with Crippen LogP contribution in [0.25, 0.3) is 0 Å². The van der Waals surface area contributed by atoms with Crippen molar-refractivity contribution in [1.82, 2.24) is 19.8 Å². The summed E-state index contributed by atoms with van der Waals surface area (Å²) in [5, 5.41) is 7.49. The first kappa shape index (κ1) is 36.9. The van der Waals surface area contributed by atoms with Crippen molar-refractivity contribution < 1.29 is 31.9 Å². The van der Waals surface area contributed by atoms with Crippen molar-refractivity contribution in [3.05, 3.63) is 72.3 Å². The molecule has 284 valence electrons. The number of rotatable bonds is 10. The molecule has 1 atom stereocenters. The predicted octanol–water partition coefficient (Wildman–Crippen LogP) is 6.92. The average molecular weight is 739 g/mol. The molecule has 2 N–H and O–H groups in total. The maximum atomic E-state index is 15.1. The number of piperidine rings is 1. The van der Waals surface area contributed by atoms with E-state index in [1.807, 2.05) is 6.07 Å². The molecule has 11 nitrogen and oxygen atoms in total. The molecular weight excluding hydrogens is 692 g/mol. The predicted molar refractivity (Wildman–Crippen MR) is 195 cm³/mol. The van der Waals surface area contributed by atoms with Gasteiger partial charge in [0.1, 0.15) is 23.7 Å². The molecule has 4 aliphatic rings. The Morgan fingerprint density at radius 2 is 1.79 bits per heavy atom. The Hall–Kier alpha value is -4.47. The molecule has 1 aromatic heterocycles. The number of hydrogen-bond donors (Lipinski definition) is 2. The van der Waals surface area contributed by atoms with Crippen LogP contribution in [0.4, 0.5) is 46.3 Å². The Balaban J connectivity index is 1.09. The summed E-state index contributed by atoms with van der Waals surface area (Å²) in [5.74, 6) is -0.676. The van der Waals surface area contributed by atoms with Gasteiger partial charge in [-0.15, -0.1) is 0 Å². The highest BCUT2D eigenvalue weighted by atomic mass is 19.4. The van der Waals surface area contributed by atoms with E-state index in [0.717, 1.165) is 63.4 Å². The minimum absolute atomic E-state index is 0.144. The summed E-state index contributed by atoms with van der Waals surface area (Å²) in [5.41, 5.74) is 0.552. The fraction of sp³-hybridized carbons (Fsp3) is 0.500. The molecule has 1 amide bonds. The van der Waals surface area contributed by atoms with Gasteiger partial charge in [-0.1, -0.05) is 18.7 Å². The van der Waals surface area contributed by atoms with Gasteiger partial charge in [-0.2, -0.15) is 13.2 Å². The number of carbonyl (C=O) groups is 1. The van der Waals surface area contributed by atoms with Gasteiger partial charge in [0, 0.05) is 74.5 Å². The molecule has 1 saturated carbocycles. The van der Waals surface area contributed by atoms with Gasteiger partial charge in [-0.05, 0) is 57.7 Å². The number of anilines is 5. The van der Waals surface area contributed by atoms with Gasteiger partial charge < -0.3 is 20.3 Å². The topological polar surface area (TPSA) is 98.3 Å². The Morgan fingerprint density at radius 1 is 1.02 bits per heavy atom. The second kappa shape index (κ2) is 14.7. The van der Waals surface area contributed by atoms with E-state index in [2.05, 4.69) is 55.7 Å². The van der Waals surface area contributed by atoms with Crippen LogP contribution in [0.1, 0.15) is 63.1 Å². The maximum Gasteiger partial charge on any atom is 0.419 e. The van der Waals surface area contributed by atoms with Crippen molar-refractivity contribution in [2.24, 2.45) is 0 Å². The smallest absolute Gasteiger partial charge is 0.419 e. The van der Waals surface area contributed by atoms with Crippen molar-refractivity contribution in [3.63, 3.8) is 0 Å². The van der Waals surface area contributed by atoms with Crippen molar-refractivity contribution in [2.45, 2.75) is 75.8 Å². The number of nitrogens with zero attached hydrogens (tertiary/aromatic N) is 6. The second-order valence-electron chi connectivity index (χ2n) is 14.7. The number of hydrogen-bond acceptors (Lipinski definition) is 10. The van der Waals surface area contributed by atoms with Gasteiger partial charge >= 0.3 is 6.18 Å². The first-order chi connectivity index (χ1) is 25.4. The van der Waals surface area contributed by atoms with Crippen LogP contribution in [0.15, 0.2) is 55.4 Å². The van der Waals surface area contributed by atoms with E-state index in [9.17, 15) is 18.0 Å². The van der Waals surface area contributed by atoms with Crippen LogP contribution in [0, 0.1) is 5.82 Å². The average Bonchev–Trinajstić information content (AvgIpc) is 3.85. The van der Waals surface area contributed by atoms with E-state index in [4.69, 9.17) is 9.57 Å². The monoisotopic (exact) mass is 738 g/mol. The fourth-order valence-corrected chi connectivity index (χ4v) is 8.11. The van der Waals surface area contributed by atoms with E-state index in [0.29, 0.717) is 29.0 Å². The standard InChI is InChI=1S/C38H46F4N8O3/c1-5-35(51)46-28-19-29(32(52-4)20-31(28)47-14-11-24(12-15-47)48-16-17-49(25-9-10-25)37(2,3)22-48)45-33-21-34(44-23-43-33)50-30(13-18-53-50)26-7-6-8-27(36(26)39)38(40,41)42/h5-8,19-21,23-25,30H,1,9-18,22H2,2-4H3,(H,46,51)(H,43,44,45)/t30-/m1/s1. The van der Waals surface area contributed by atoms with Gasteiger partial charge in [0.15, 0.2) is 5.82 Å². The Morgan fingerprint density at radius 3 is 2.47 bits per heavy atom. The third-order valence-corrected chi connectivity index (χ3v) is 10.8. The summed E-state index contributed by atoms with van der Waals surface area (Å²) in [6.07, 6.45) is 2.51. The molecule has 0 bridgehead atoms. The number of piperazine rings is 1. The maximum absolute atomic E-state index is 15.1. The highest BCUT2D eigenvalue weighted by Crippen LogP contribution is 2.43. The zero-order valence-corrected chi connectivity index (χ0v) is 30.3. The van der Waals surface area contributed by atoms with Gasteiger partial charge in [0.25, 0.3) is 0 Å². The van der Waals surface area contributed by atoms with Crippen molar-refractivity contribution in [1.29, 1.82) is 0 Å². The molecule has 3 aliphatic heterocycles. The number of nitrogens with one attached hydrogen (secondary N) is 2. The molecule has 2 aromatic carbocycles. The van der Waals surface area contributed by atoms with Gasteiger partial charge in [0.05, 0.1) is 42.4 Å². The zero-order chi connectivity index (χ0) is 37.5. The van der Waals surface area contributed by atoms with E-state index in [1.54, 1.807) is 19.2 Å². The minimum Gasteiger partial charge on any atom is -0.494 e. The number of hydroxylamine groups is 1. The third kappa shape index (κ3) is 7.78. The summed E-state index contributed by atoms with van der Waals surface area (Å²) in [6, 6.07) is 8.82. The van der Waals surface area contributed by atoms with Crippen LogP contribution in [0.3, 0.4) is 0 Å². The van der Waals surface area contributed by atoms with Crippen molar-refractivity contribution in [3.8, 4) is 5.75 Å². The summed E-state index contributed by atoms with van der Waals surface area (Å²) in [4.78, 5) is 34.6. The van der Waals surface area contributed by atoms with Crippen LogP contribution in [-0.4, -0.2) is 89.7 Å². The summed E-state index contributed by atoms with van der Waals surface area (Å²) < 4.78 is 61.4. The van der Waals surface area contributed by atoms with Crippen LogP contribution in [0.5, 0.6) is 5.75 Å². The molecule has 53 heavy (non-hydrogen) atoms. The number of halogens is 4. The zero-order valence-electron chi connectivity index (χ0n) is 30.3. The normalized spacial score (nSPS) is 21.5. The van der Waals surface area contributed by atoms with E-state index < -0.39 is 23.6 Å². The number of alkyl halides is 3. The van der Waals surface area contributed by atoms with Crippen molar-refractivity contribution in [2.75, 3.05) is 67.0 Å². The first-order valence-electron chi connectivity index (χ1n) is 18.1. The number of carbonyl (C=O) groups excluding carboxylic acids is 1. The summed E-state index contributed by atoms with van der Waals surface area (Å²) >= 11 is 0. The SMILES string of the molecule is C=CC(=O)Nc1cc(Nc2cc(N3OCC[C@@H]3c3cccc(C(F)(F)F)c3F)ncn2)c(OC)cc1N1CCC(N2CCN(C3CC3)C(C)(C)C2)CC1. The number of aromatic nitrogens is 2. The molecule has 4 fully saturated rings. The van der Waals surface area contributed by atoms with E-state index in [1.165, 1.54) is 42.4 Å². The van der Waals surface area contributed by atoms with E-state index >= 15 is 4.39 Å². The van der Waals surface area contributed by atoms with Gasteiger partial charge in [-0.3, -0.25) is 19.4 Å². The Bertz CT molecular complexity index is 1830. The lowest BCUT2D eigenvalue weighted by atomic mass is 9.94. The number of ether oxygens (including phenoxy) is 1. The molecule has 7 rings (SSSR count). The molecule has 3 aromatic rings. The molecule has 0 unspecified atom stereocenters. The molecule has 0 spiro atoms. The first-order valence-corrected chi connectivity index (χ1v) is 18.1. The van der Waals surface area contributed by atoms with Crippen LogP contribution >= 0.6 is 0 Å². The lowest BCUT2D eigenvalue weighted by molar-refractivity contribution is -0.140. The van der Waals surface area contributed by atoms with E-state index in [-0.39, 0.29) is 35.9 Å². The lowest BCUT2D eigenvalue weighted by Crippen LogP contribution is -2.62. The largest absolute Gasteiger partial charge is 0.494 e. The summed E-state index contributed by atoms with van der Waals surface area (Å²) in [6.45, 7) is 13.4. The minimum atomic E-state index is -4.84. The molecule has 1 aliphatic carbocycles. The highest BCUT2D eigenvalue weighted by Gasteiger charge is 2.44. The quantitative estimate of drug-likeness (QED) is 0.169. The van der Waals surface area contributed by atoms with Crippen LogP contribution in [0.2, 0.25) is 0 Å². The number of amides is 1. The van der Waals surface area contributed by atoms with Crippen molar-refractivity contribution >= 4 is 34.6 Å². The van der Waals surface area contributed by atoms with Crippen LogP contribution < -0.4 is 25.3 Å². The lowest BCUT2D eigenvalue weighted by Gasteiger charge is -2.51. The Labute approximate surface area is 306 Å². The Kier molecular flexibility index (Phi) is 10.3. The van der Waals surface area contributed by atoms with Gasteiger partial charge in [-0.25, -0.2) is 19.4 Å². The third-order valence-electron chi connectivity index (χ3n) is 10.8. The molecule has 3 saturated heterocycles. The number of benzene rings is 2. The molecule has 15 heteroatoms. The molecule has 0 radical (unpaired) electrons. The van der Waals surface area contributed by atoms with Crippen LogP contribution in [-0.2, 0) is 15.8 Å². The highest BCUT2D eigenvalue weighted by molar-refractivity contribution is 6.02. The fourth-order valence-electron chi connectivity index (χ4n) is 8.11. The second-order valence-corrected chi connectivity index (χ2v) is 14.7. The number of methoxy groups -OCH3 is 1. The van der Waals surface area contributed by atoms with Gasteiger partial charge in [0.2, 0.25) is 5.91 Å².